The summed E-state index contributed by atoms with van der Waals surface area (Å²) >= 11 is 0. The third-order valence-corrected chi connectivity index (χ3v) is 3.56. The first-order chi connectivity index (χ1) is 10.0. The van der Waals surface area contributed by atoms with Gasteiger partial charge >= 0.3 is 5.97 Å². The van der Waals surface area contributed by atoms with Crippen molar-refractivity contribution < 1.29 is 14.3 Å². The minimum absolute atomic E-state index is 0.0326. The molecule has 1 aromatic heterocycles. The highest BCUT2D eigenvalue weighted by Gasteiger charge is 2.19. The molecule has 0 fully saturated rings. The van der Waals surface area contributed by atoms with Crippen LogP contribution in [0.15, 0.2) is 24.3 Å². The van der Waals surface area contributed by atoms with Crippen LogP contribution in [-0.4, -0.2) is 42.5 Å². The number of carbonyl (C=O) groups excluding carboxylic acids is 2. The SMILES string of the molecule is COC(=O)CCCN(C)C(=O)c1c(C)[nH]c2ccccc12. The van der Waals surface area contributed by atoms with Crippen molar-refractivity contribution in [2.45, 2.75) is 19.8 Å². The number of carbonyl (C=O) groups is 2. The number of ether oxygens (including phenoxy) is 1. The molecule has 112 valence electrons. The van der Waals surface area contributed by atoms with Crippen molar-refractivity contribution in [2.75, 3.05) is 20.7 Å². The van der Waals surface area contributed by atoms with Crippen molar-refractivity contribution in [3.05, 3.63) is 35.5 Å². The number of rotatable bonds is 5. The number of hydrogen-bond donors (Lipinski definition) is 1. The van der Waals surface area contributed by atoms with Crippen LogP contribution >= 0.6 is 0 Å². The second kappa shape index (κ2) is 6.43. The predicted molar refractivity (Wildman–Crippen MR) is 81.2 cm³/mol. The zero-order chi connectivity index (χ0) is 15.4. The highest BCUT2D eigenvalue weighted by atomic mass is 16.5. The minimum atomic E-state index is -0.251. The zero-order valence-electron chi connectivity index (χ0n) is 12.6. The minimum Gasteiger partial charge on any atom is -0.469 e. The fraction of sp³-hybridized carbons (Fsp3) is 0.375. The molecule has 2 aromatic rings. The Labute approximate surface area is 123 Å². The van der Waals surface area contributed by atoms with Gasteiger partial charge in [0.25, 0.3) is 5.91 Å². The Bertz CT molecular complexity index is 661. The lowest BCUT2D eigenvalue weighted by Gasteiger charge is -2.17. The third-order valence-electron chi connectivity index (χ3n) is 3.56. The zero-order valence-corrected chi connectivity index (χ0v) is 12.6. The average Bonchev–Trinajstić information content (AvgIpc) is 2.81. The first kappa shape index (κ1) is 15.1. The Morgan fingerprint density at radius 3 is 2.71 bits per heavy atom. The molecule has 5 heteroatoms. The van der Waals surface area contributed by atoms with E-state index in [4.69, 9.17) is 0 Å². The first-order valence-corrected chi connectivity index (χ1v) is 6.94. The maximum atomic E-state index is 12.6. The van der Waals surface area contributed by atoms with E-state index in [2.05, 4.69) is 9.72 Å². The number of H-pyrrole nitrogens is 1. The normalized spacial score (nSPS) is 10.6. The van der Waals surface area contributed by atoms with E-state index in [9.17, 15) is 9.59 Å². The Morgan fingerprint density at radius 1 is 1.29 bits per heavy atom. The molecule has 0 aliphatic rings. The molecular weight excluding hydrogens is 268 g/mol. The molecule has 2 rings (SSSR count). The quantitative estimate of drug-likeness (QED) is 0.860. The smallest absolute Gasteiger partial charge is 0.305 e. The molecule has 0 unspecified atom stereocenters. The van der Waals surface area contributed by atoms with Gasteiger partial charge in [0.2, 0.25) is 0 Å². The first-order valence-electron chi connectivity index (χ1n) is 6.94. The Kier molecular flexibility index (Phi) is 4.62. The van der Waals surface area contributed by atoms with Gasteiger partial charge in [0.1, 0.15) is 0 Å². The molecule has 0 saturated carbocycles. The van der Waals surface area contributed by atoms with Gasteiger partial charge in [-0.1, -0.05) is 18.2 Å². The molecule has 0 saturated heterocycles. The van der Waals surface area contributed by atoms with E-state index in [0.29, 0.717) is 24.9 Å². The lowest BCUT2D eigenvalue weighted by atomic mass is 10.1. The molecular formula is C16H20N2O3. The van der Waals surface area contributed by atoms with Crippen LogP contribution in [0.4, 0.5) is 0 Å². The molecule has 0 bridgehead atoms. The van der Waals surface area contributed by atoms with E-state index in [1.165, 1.54) is 7.11 Å². The molecule has 0 aliphatic heterocycles. The van der Waals surface area contributed by atoms with E-state index in [1.807, 2.05) is 31.2 Å². The van der Waals surface area contributed by atoms with E-state index in [-0.39, 0.29) is 11.9 Å². The average molecular weight is 288 g/mol. The van der Waals surface area contributed by atoms with Gasteiger partial charge < -0.3 is 14.6 Å². The van der Waals surface area contributed by atoms with Crippen molar-refractivity contribution in [2.24, 2.45) is 0 Å². The molecule has 1 N–H and O–H groups in total. The molecule has 1 heterocycles. The summed E-state index contributed by atoms with van der Waals surface area (Å²) in [6.07, 6.45) is 0.914. The number of aromatic amines is 1. The maximum absolute atomic E-state index is 12.6. The van der Waals surface area contributed by atoms with Crippen LogP contribution in [0.3, 0.4) is 0 Å². The van der Waals surface area contributed by atoms with Crippen molar-refractivity contribution in [3.63, 3.8) is 0 Å². The molecule has 0 radical (unpaired) electrons. The summed E-state index contributed by atoms with van der Waals surface area (Å²) in [6, 6.07) is 7.75. The Balaban J connectivity index is 2.11. The molecule has 1 aromatic carbocycles. The predicted octanol–water partition coefficient (Wildman–Crippen LogP) is 2.50. The Morgan fingerprint density at radius 2 is 2.00 bits per heavy atom. The number of para-hydroxylation sites is 1. The van der Waals surface area contributed by atoms with Crippen LogP contribution in [0.25, 0.3) is 10.9 Å². The topological polar surface area (TPSA) is 62.4 Å². The van der Waals surface area contributed by atoms with Gasteiger partial charge in [-0.15, -0.1) is 0 Å². The summed E-state index contributed by atoms with van der Waals surface area (Å²) in [5.74, 6) is -0.283. The second-order valence-corrected chi connectivity index (χ2v) is 5.08. The molecule has 0 aliphatic carbocycles. The monoisotopic (exact) mass is 288 g/mol. The highest BCUT2D eigenvalue weighted by molar-refractivity contribution is 6.08. The van der Waals surface area contributed by atoms with Gasteiger partial charge in [-0.05, 0) is 19.4 Å². The third kappa shape index (κ3) is 3.24. The van der Waals surface area contributed by atoms with Crippen LogP contribution in [0, 0.1) is 6.92 Å². The number of esters is 1. The van der Waals surface area contributed by atoms with Crippen LogP contribution in [0.1, 0.15) is 28.9 Å². The summed E-state index contributed by atoms with van der Waals surface area (Å²) in [5, 5.41) is 0.930. The number of nitrogens with one attached hydrogen (secondary N) is 1. The van der Waals surface area contributed by atoms with E-state index in [0.717, 1.165) is 16.6 Å². The van der Waals surface area contributed by atoms with E-state index < -0.39 is 0 Å². The molecule has 0 spiro atoms. The summed E-state index contributed by atoms with van der Waals surface area (Å²) in [7, 11) is 3.12. The van der Waals surface area contributed by atoms with E-state index in [1.54, 1.807) is 11.9 Å². The van der Waals surface area contributed by atoms with Crippen molar-refractivity contribution in [1.82, 2.24) is 9.88 Å². The van der Waals surface area contributed by atoms with Gasteiger partial charge in [-0.25, -0.2) is 0 Å². The lowest BCUT2D eigenvalue weighted by Crippen LogP contribution is -2.28. The number of hydrogen-bond acceptors (Lipinski definition) is 3. The summed E-state index contributed by atoms with van der Waals surface area (Å²) in [5.41, 5.74) is 2.52. The van der Waals surface area contributed by atoms with Gasteiger partial charge in [-0.3, -0.25) is 9.59 Å². The van der Waals surface area contributed by atoms with Crippen LogP contribution in [-0.2, 0) is 9.53 Å². The van der Waals surface area contributed by atoms with Gasteiger partial charge in [0.05, 0.1) is 12.7 Å². The number of amides is 1. The van der Waals surface area contributed by atoms with Crippen LogP contribution in [0.2, 0.25) is 0 Å². The number of nitrogens with zero attached hydrogens (tertiary/aromatic N) is 1. The molecule has 1 amide bonds. The second-order valence-electron chi connectivity index (χ2n) is 5.08. The maximum Gasteiger partial charge on any atom is 0.305 e. The summed E-state index contributed by atoms with van der Waals surface area (Å²) in [4.78, 5) is 28.5. The molecule has 5 nitrogen and oxygen atoms in total. The molecule has 21 heavy (non-hydrogen) atoms. The van der Waals surface area contributed by atoms with Crippen LogP contribution in [0.5, 0.6) is 0 Å². The summed E-state index contributed by atoms with van der Waals surface area (Å²) in [6.45, 7) is 2.42. The van der Waals surface area contributed by atoms with Crippen molar-refractivity contribution in [3.8, 4) is 0 Å². The van der Waals surface area contributed by atoms with Gasteiger partial charge in [0, 0.05) is 36.6 Å². The van der Waals surface area contributed by atoms with Gasteiger partial charge in [-0.2, -0.15) is 0 Å². The Hall–Kier alpha value is -2.30. The highest BCUT2D eigenvalue weighted by Crippen LogP contribution is 2.23. The van der Waals surface area contributed by atoms with E-state index >= 15 is 0 Å². The number of benzene rings is 1. The van der Waals surface area contributed by atoms with Crippen molar-refractivity contribution >= 4 is 22.8 Å². The number of aryl methyl sites for hydroxylation is 1. The fourth-order valence-electron chi connectivity index (χ4n) is 2.41. The van der Waals surface area contributed by atoms with Crippen molar-refractivity contribution in [1.29, 1.82) is 0 Å². The lowest BCUT2D eigenvalue weighted by molar-refractivity contribution is -0.140. The largest absolute Gasteiger partial charge is 0.469 e. The number of fused-ring (bicyclic) bond motifs is 1. The molecule has 0 atom stereocenters. The fourth-order valence-corrected chi connectivity index (χ4v) is 2.41. The van der Waals surface area contributed by atoms with Gasteiger partial charge in [0.15, 0.2) is 0 Å². The number of methoxy groups -OCH3 is 1. The van der Waals surface area contributed by atoms with Crippen LogP contribution < -0.4 is 0 Å². The standard InChI is InChI=1S/C16H20N2O3/c1-11-15(12-7-4-5-8-13(12)17-11)16(20)18(2)10-6-9-14(19)21-3/h4-5,7-8,17H,6,9-10H2,1-3H3. The number of aromatic nitrogens is 1. The summed E-state index contributed by atoms with van der Waals surface area (Å²) < 4.78 is 4.59.